The number of Topliss-reactive ketones (excluding diaryl/α,β-unsaturated/α-hetero) is 1. The number of ketones is 1. The summed E-state index contributed by atoms with van der Waals surface area (Å²) in [6, 6.07) is 13.0. The number of hydrogen-bond acceptors (Lipinski definition) is 5. The summed E-state index contributed by atoms with van der Waals surface area (Å²) in [5.74, 6) is -0.689. The zero-order chi connectivity index (χ0) is 18.2. The van der Waals surface area contributed by atoms with Gasteiger partial charge in [-0.3, -0.25) is 9.59 Å². The summed E-state index contributed by atoms with van der Waals surface area (Å²) in [4.78, 5) is 24.4. The van der Waals surface area contributed by atoms with Crippen molar-refractivity contribution in [2.45, 2.75) is 18.9 Å². The number of rotatable bonds is 8. The Labute approximate surface area is 146 Å². The van der Waals surface area contributed by atoms with Crippen molar-refractivity contribution in [3.05, 3.63) is 65.2 Å². The van der Waals surface area contributed by atoms with Crippen LogP contribution in [0, 0.1) is 0 Å². The van der Waals surface area contributed by atoms with Crippen LogP contribution in [0.4, 0.5) is 5.69 Å². The summed E-state index contributed by atoms with van der Waals surface area (Å²) in [5.41, 5.74) is 12.6. The topological polar surface area (TPSA) is 118 Å². The van der Waals surface area contributed by atoms with E-state index in [9.17, 15) is 14.7 Å². The van der Waals surface area contributed by atoms with Crippen LogP contribution in [0.5, 0.6) is 0 Å². The molecule has 6 nitrogen and oxygen atoms in total. The van der Waals surface area contributed by atoms with Gasteiger partial charge in [-0.2, -0.15) is 0 Å². The van der Waals surface area contributed by atoms with E-state index in [0.29, 0.717) is 24.2 Å². The van der Waals surface area contributed by atoms with Crippen LogP contribution in [0.1, 0.15) is 45.2 Å². The van der Waals surface area contributed by atoms with Gasteiger partial charge in [0, 0.05) is 28.9 Å². The Morgan fingerprint density at radius 3 is 2.40 bits per heavy atom. The van der Waals surface area contributed by atoms with E-state index < -0.39 is 11.9 Å². The van der Waals surface area contributed by atoms with Gasteiger partial charge in [0.05, 0.1) is 0 Å². The molecular weight excluding hydrogens is 318 g/mol. The van der Waals surface area contributed by atoms with Crippen LogP contribution in [-0.4, -0.2) is 29.9 Å². The van der Waals surface area contributed by atoms with Crippen molar-refractivity contribution in [2.75, 3.05) is 18.8 Å². The fraction of sp³-hybridized carbons (Fsp3) is 0.263. The second-order valence-electron chi connectivity index (χ2n) is 5.73. The van der Waals surface area contributed by atoms with Crippen LogP contribution >= 0.6 is 0 Å². The number of nitrogens with one attached hydrogen (secondary N) is 1. The van der Waals surface area contributed by atoms with Crippen molar-refractivity contribution < 1.29 is 14.7 Å². The molecule has 0 saturated heterocycles. The highest BCUT2D eigenvalue weighted by Crippen LogP contribution is 2.25. The van der Waals surface area contributed by atoms with Crippen LogP contribution in [-0.2, 0) is 0 Å². The molecule has 1 amide bonds. The number of aliphatic hydroxyl groups excluding tert-OH is 1. The highest BCUT2D eigenvalue weighted by molar-refractivity contribution is 6.01. The number of aliphatic hydroxyl groups is 1. The third-order valence-electron chi connectivity index (χ3n) is 3.87. The van der Waals surface area contributed by atoms with Crippen molar-refractivity contribution in [1.82, 2.24) is 5.32 Å². The largest absolute Gasteiger partial charge is 0.398 e. The van der Waals surface area contributed by atoms with E-state index in [4.69, 9.17) is 11.5 Å². The number of carbonyl (C=O) groups excluding carboxylic acids is 2. The molecule has 0 aliphatic rings. The van der Waals surface area contributed by atoms with Crippen LogP contribution in [0.15, 0.2) is 48.5 Å². The molecule has 0 aliphatic carbocycles. The summed E-state index contributed by atoms with van der Waals surface area (Å²) in [7, 11) is 0. The minimum atomic E-state index is -1.37. The van der Waals surface area contributed by atoms with Gasteiger partial charge >= 0.3 is 0 Å². The number of carbonyl (C=O) groups is 2. The second kappa shape index (κ2) is 8.96. The molecule has 1 atom stereocenters. The molecule has 6 heteroatoms. The Hall–Kier alpha value is -2.70. The molecule has 132 valence electrons. The Morgan fingerprint density at radius 1 is 1.04 bits per heavy atom. The van der Waals surface area contributed by atoms with E-state index in [1.807, 2.05) is 0 Å². The highest BCUT2D eigenvalue weighted by atomic mass is 16.3. The lowest BCUT2D eigenvalue weighted by atomic mass is 9.97. The lowest BCUT2D eigenvalue weighted by Crippen LogP contribution is -2.25. The maximum Gasteiger partial charge on any atom is 0.251 e. The van der Waals surface area contributed by atoms with Gasteiger partial charge in [0.25, 0.3) is 5.91 Å². The van der Waals surface area contributed by atoms with E-state index in [2.05, 4.69) is 5.32 Å². The van der Waals surface area contributed by atoms with Crippen LogP contribution in [0.3, 0.4) is 0 Å². The van der Waals surface area contributed by atoms with E-state index in [-0.39, 0.29) is 17.2 Å². The fourth-order valence-electron chi connectivity index (χ4n) is 2.44. The molecule has 0 fully saturated rings. The Kier molecular flexibility index (Phi) is 6.68. The summed E-state index contributed by atoms with van der Waals surface area (Å²) in [6.07, 6.45) is 0.277. The Bertz CT molecular complexity index is 732. The molecule has 0 aliphatic heterocycles. The minimum Gasteiger partial charge on any atom is -0.398 e. The van der Waals surface area contributed by atoms with Crippen LogP contribution in [0.2, 0.25) is 0 Å². The van der Waals surface area contributed by atoms with Crippen molar-refractivity contribution >= 4 is 17.4 Å². The molecule has 25 heavy (non-hydrogen) atoms. The van der Waals surface area contributed by atoms with E-state index in [1.54, 1.807) is 36.4 Å². The molecule has 2 rings (SSSR count). The monoisotopic (exact) mass is 341 g/mol. The molecular formula is C19H23N3O3. The number of anilines is 1. The molecule has 0 bridgehead atoms. The second-order valence-corrected chi connectivity index (χ2v) is 5.73. The van der Waals surface area contributed by atoms with Crippen molar-refractivity contribution in [2.24, 2.45) is 5.73 Å². The van der Waals surface area contributed by atoms with Gasteiger partial charge in [-0.15, -0.1) is 0 Å². The Balaban J connectivity index is 2.08. The first-order chi connectivity index (χ1) is 12.0. The van der Waals surface area contributed by atoms with Gasteiger partial charge in [0.15, 0.2) is 5.78 Å². The number of unbranched alkanes of at least 4 members (excludes halogenated alkanes) is 1. The lowest BCUT2D eigenvalue weighted by Gasteiger charge is -2.14. The Morgan fingerprint density at radius 2 is 1.76 bits per heavy atom. The number of hydrogen-bond donors (Lipinski definition) is 4. The summed E-state index contributed by atoms with van der Waals surface area (Å²) in [5, 5.41) is 13.1. The maximum atomic E-state index is 12.3. The zero-order valence-corrected chi connectivity index (χ0v) is 13.9. The number of nitrogens with two attached hydrogens (primary N) is 2. The third-order valence-corrected chi connectivity index (χ3v) is 3.87. The first-order valence-corrected chi connectivity index (χ1v) is 8.19. The first kappa shape index (κ1) is 18.6. The smallest absolute Gasteiger partial charge is 0.251 e. The van der Waals surface area contributed by atoms with E-state index in [0.717, 1.165) is 12.8 Å². The molecule has 0 aromatic heterocycles. The predicted octanol–water partition coefficient (Wildman–Crippen LogP) is 1.65. The summed E-state index contributed by atoms with van der Waals surface area (Å²) in [6.45, 7) is 1.12. The van der Waals surface area contributed by atoms with Crippen molar-refractivity contribution in [3.63, 3.8) is 0 Å². The molecule has 2 aromatic carbocycles. The molecule has 2 aromatic rings. The van der Waals surface area contributed by atoms with Gasteiger partial charge in [-0.25, -0.2) is 0 Å². The van der Waals surface area contributed by atoms with Crippen molar-refractivity contribution in [1.29, 1.82) is 0 Å². The summed E-state index contributed by atoms with van der Waals surface area (Å²) >= 11 is 0. The fourth-order valence-corrected chi connectivity index (χ4v) is 2.44. The predicted molar refractivity (Wildman–Crippen MR) is 97.2 cm³/mol. The normalized spacial score (nSPS) is 11.8. The van der Waals surface area contributed by atoms with E-state index >= 15 is 0 Å². The average molecular weight is 341 g/mol. The van der Waals surface area contributed by atoms with Crippen LogP contribution in [0.25, 0.3) is 0 Å². The van der Waals surface area contributed by atoms with Gasteiger partial charge in [0.2, 0.25) is 0 Å². The molecule has 1 unspecified atom stereocenters. The van der Waals surface area contributed by atoms with E-state index in [1.165, 1.54) is 12.1 Å². The quantitative estimate of drug-likeness (QED) is 0.331. The molecule has 0 radical (unpaired) electrons. The van der Waals surface area contributed by atoms with Gasteiger partial charge < -0.3 is 21.9 Å². The zero-order valence-electron chi connectivity index (χ0n) is 13.9. The van der Waals surface area contributed by atoms with Gasteiger partial charge in [-0.1, -0.05) is 36.4 Å². The third kappa shape index (κ3) is 4.89. The number of amides is 1. The van der Waals surface area contributed by atoms with Crippen LogP contribution < -0.4 is 16.8 Å². The number of nitrogen functional groups attached to an aromatic ring is 1. The number of benzene rings is 2. The SMILES string of the molecule is NCCCCNC(=O)c1ccc(C(O)C(=O)c2ccccc2)c(N)c1. The average Bonchev–Trinajstić information content (AvgIpc) is 2.64. The highest BCUT2D eigenvalue weighted by Gasteiger charge is 2.21. The summed E-state index contributed by atoms with van der Waals surface area (Å²) < 4.78 is 0. The maximum absolute atomic E-state index is 12.3. The van der Waals surface area contributed by atoms with Crippen molar-refractivity contribution in [3.8, 4) is 0 Å². The standard InChI is InChI=1S/C19H23N3O3/c20-10-4-5-11-22-19(25)14-8-9-15(16(21)12-14)18(24)17(23)13-6-2-1-3-7-13/h1-3,6-9,12,18,24H,4-5,10-11,20-21H2,(H,22,25). The molecule has 6 N–H and O–H groups in total. The first-order valence-electron chi connectivity index (χ1n) is 8.19. The molecule has 0 saturated carbocycles. The lowest BCUT2D eigenvalue weighted by molar-refractivity contribution is 0.0748. The molecule has 0 spiro atoms. The van der Waals surface area contributed by atoms with Gasteiger partial charge in [0.1, 0.15) is 6.10 Å². The molecule has 0 heterocycles. The van der Waals surface area contributed by atoms with Gasteiger partial charge in [-0.05, 0) is 31.5 Å². The minimum absolute atomic E-state index is 0.200.